The highest BCUT2D eigenvalue weighted by molar-refractivity contribution is 6.34. The zero-order valence-corrected chi connectivity index (χ0v) is 10.00. The third kappa shape index (κ3) is 2.64. The van der Waals surface area contributed by atoms with E-state index in [4.69, 9.17) is 28.5 Å². The summed E-state index contributed by atoms with van der Waals surface area (Å²) >= 11 is 11.9. The van der Waals surface area contributed by atoms with Crippen molar-refractivity contribution in [2.24, 2.45) is 0 Å². The van der Waals surface area contributed by atoms with E-state index in [1.165, 1.54) is 12.4 Å². The van der Waals surface area contributed by atoms with Crippen LogP contribution < -0.4 is 5.32 Å². The molecule has 1 aromatic carbocycles. The van der Waals surface area contributed by atoms with Gasteiger partial charge in [-0.3, -0.25) is 0 Å². The van der Waals surface area contributed by atoms with Crippen LogP contribution in [-0.4, -0.2) is 9.97 Å². The topological polar surface area (TPSA) is 61.6 Å². The van der Waals surface area contributed by atoms with Gasteiger partial charge < -0.3 is 5.32 Å². The van der Waals surface area contributed by atoms with Gasteiger partial charge in [-0.25, -0.2) is 9.97 Å². The second kappa shape index (κ2) is 5.00. The summed E-state index contributed by atoms with van der Waals surface area (Å²) < 4.78 is 0. The smallest absolute Gasteiger partial charge is 0.171 e. The Balaban J connectivity index is 2.32. The van der Waals surface area contributed by atoms with Crippen LogP contribution in [0.3, 0.4) is 0 Å². The summed E-state index contributed by atoms with van der Waals surface area (Å²) in [6.45, 7) is 0. The first-order chi connectivity index (χ1) is 8.20. The summed E-state index contributed by atoms with van der Waals surface area (Å²) in [5, 5.41) is 12.3. The Labute approximate surface area is 108 Å². The van der Waals surface area contributed by atoms with Crippen LogP contribution in [-0.2, 0) is 0 Å². The van der Waals surface area contributed by atoms with E-state index in [2.05, 4.69) is 15.3 Å². The third-order valence-electron chi connectivity index (χ3n) is 2.00. The summed E-state index contributed by atoms with van der Waals surface area (Å²) in [5.74, 6) is 0.417. The molecule has 2 aromatic rings. The first-order valence-electron chi connectivity index (χ1n) is 4.64. The molecule has 4 nitrogen and oxygen atoms in total. The number of rotatable bonds is 2. The van der Waals surface area contributed by atoms with Crippen LogP contribution in [0.25, 0.3) is 0 Å². The van der Waals surface area contributed by atoms with Gasteiger partial charge in [-0.2, -0.15) is 5.26 Å². The molecule has 0 radical (unpaired) electrons. The van der Waals surface area contributed by atoms with Crippen molar-refractivity contribution in [3.05, 3.63) is 46.3 Å². The molecule has 0 saturated heterocycles. The summed E-state index contributed by atoms with van der Waals surface area (Å²) in [6.07, 6.45) is 3.01. The molecule has 0 spiro atoms. The lowest BCUT2D eigenvalue weighted by molar-refractivity contribution is 1.20. The monoisotopic (exact) mass is 264 g/mol. The minimum atomic E-state index is 0.257. The van der Waals surface area contributed by atoms with Gasteiger partial charge in [0, 0.05) is 12.4 Å². The molecule has 0 aliphatic heterocycles. The van der Waals surface area contributed by atoms with E-state index in [9.17, 15) is 0 Å². The molecule has 0 aliphatic rings. The van der Waals surface area contributed by atoms with Crippen LogP contribution in [0.15, 0.2) is 30.6 Å². The van der Waals surface area contributed by atoms with Crippen molar-refractivity contribution in [3.8, 4) is 6.07 Å². The Bertz CT molecular complexity index is 592. The second-order valence-electron chi connectivity index (χ2n) is 3.13. The molecule has 0 amide bonds. The Morgan fingerprint density at radius 2 is 1.94 bits per heavy atom. The first-order valence-corrected chi connectivity index (χ1v) is 5.39. The average molecular weight is 265 g/mol. The van der Waals surface area contributed by atoms with Gasteiger partial charge >= 0.3 is 0 Å². The molecular formula is C11H6Cl2N4. The molecule has 17 heavy (non-hydrogen) atoms. The Hall–Kier alpha value is -1.83. The van der Waals surface area contributed by atoms with Gasteiger partial charge in [0.05, 0.1) is 22.3 Å². The standard InChI is InChI=1S/C11H6Cl2N4/c12-8-5-7(6-14)1-2-9(8)17-11-10(13)15-3-4-16-11/h1-5H,(H,16,17). The van der Waals surface area contributed by atoms with Crippen LogP contribution in [0.2, 0.25) is 10.2 Å². The molecule has 84 valence electrons. The molecule has 0 aliphatic carbocycles. The quantitative estimate of drug-likeness (QED) is 0.903. The fourth-order valence-electron chi connectivity index (χ4n) is 1.22. The lowest BCUT2D eigenvalue weighted by Gasteiger charge is -2.08. The molecule has 0 atom stereocenters. The molecule has 1 aromatic heterocycles. The largest absolute Gasteiger partial charge is 0.336 e. The molecule has 0 saturated carbocycles. The molecule has 0 unspecified atom stereocenters. The summed E-state index contributed by atoms with van der Waals surface area (Å²) in [7, 11) is 0. The fourth-order valence-corrected chi connectivity index (χ4v) is 1.60. The van der Waals surface area contributed by atoms with E-state index in [-0.39, 0.29) is 5.15 Å². The Kier molecular flexibility index (Phi) is 3.43. The number of benzene rings is 1. The number of nitrogens with zero attached hydrogens (tertiary/aromatic N) is 3. The van der Waals surface area contributed by atoms with Crippen molar-refractivity contribution in [1.29, 1.82) is 5.26 Å². The van der Waals surface area contributed by atoms with E-state index in [1.54, 1.807) is 18.2 Å². The van der Waals surface area contributed by atoms with Crippen molar-refractivity contribution in [3.63, 3.8) is 0 Å². The van der Waals surface area contributed by atoms with Crippen LogP contribution in [0.1, 0.15) is 5.56 Å². The van der Waals surface area contributed by atoms with Gasteiger partial charge in [-0.1, -0.05) is 23.2 Å². The number of halogens is 2. The van der Waals surface area contributed by atoms with Crippen LogP contribution >= 0.6 is 23.2 Å². The predicted molar refractivity (Wildman–Crippen MR) is 66.5 cm³/mol. The van der Waals surface area contributed by atoms with Gasteiger partial charge in [-0.05, 0) is 18.2 Å². The van der Waals surface area contributed by atoms with Gasteiger partial charge in [0.15, 0.2) is 11.0 Å². The van der Waals surface area contributed by atoms with E-state index in [1.807, 2.05) is 6.07 Å². The first kappa shape index (κ1) is 11.6. The Morgan fingerprint density at radius 3 is 2.59 bits per heavy atom. The van der Waals surface area contributed by atoms with E-state index < -0.39 is 0 Å². The van der Waals surface area contributed by atoms with Crippen LogP contribution in [0.5, 0.6) is 0 Å². The number of aromatic nitrogens is 2. The molecule has 1 heterocycles. The number of nitrogens with one attached hydrogen (secondary N) is 1. The lowest BCUT2D eigenvalue weighted by atomic mass is 10.2. The molecule has 0 fully saturated rings. The molecule has 0 bridgehead atoms. The normalized spacial score (nSPS) is 9.71. The molecule has 6 heteroatoms. The van der Waals surface area contributed by atoms with E-state index in [0.717, 1.165) is 0 Å². The van der Waals surface area contributed by atoms with Gasteiger partial charge in [0.1, 0.15) is 0 Å². The van der Waals surface area contributed by atoms with E-state index in [0.29, 0.717) is 22.1 Å². The summed E-state index contributed by atoms with van der Waals surface area (Å²) in [4.78, 5) is 7.91. The summed E-state index contributed by atoms with van der Waals surface area (Å²) in [6, 6.07) is 6.91. The van der Waals surface area contributed by atoms with Crippen molar-refractivity contribution >= 4 is 34.7 Å². The zero-order chi connectivity index (χ0) is 12.3. The minimum absolute atomic E-state index is 0.257. The highest BCUT2D eigenvalue weighted by Gasteiger charge is 2.06. The zero-order valence-electron chi connectivity index (χ0n) is 8.48. The predicted octanol–water partition coefficient (Wildman–Crippen LogP) is 3.40. The Morgan fingerprint density at radius 1 is 1.18 bits per heavy atom. The fraction of sp³-hybridized carbons (Fsp3) is 0. The third-order valence-corrected chi connectivity index (χ3v) is 2.59. The molecular weight excluding hydrogens is 259 g/mol. The second-order valence-corrected chi connectivity index (χ2v) is 3.89. The number of hydrogen-bond donors (Lipinski definition) is 1. The van der Waals surface area contributed by atoms with Crippen molar-refractivity contribution in [2.75, 3.05) is 5.32 Å². The van der Waals surface area contributed by atoms with Crippen molar-refractivity contribution < 1.29 is 0 Å². The maximum absolute atomic E-state index is 8.71. The van der Waals surface area contributed by atoms with Crippen molar-refractivity contribution in [1.82, 2.24) is 9.97 Å². The van der Waals surface area contributed by atoms with Gasteiger partial charge in [0.25, 0.3) is 0 Å². The maximum Gasteiger partial charge on any atom is 0.171 e. The van der Waals surface area contributed by atoms with Crippen LogP contribution in [0, 0.1) is 11.3 Å². The maximum atomic E-state index is 8.71. The number of hydrogen-bond acceptors (Lipinski definition) is 4. The van der Waals surface area contributed by atoms with E-state index >= 15 is 0 Å². The number of nitriles is 1. The SMILES string of the molecule is N#Cc1ccc(Nc2nccnc2Cl)c(Cl)c1. The highest BCUT2D eigenvalue weighted by Crippen LogP contribution is 2.27. The lowest BCUT2D eigenvalue weighted by Crippen LogP contribution is -1.96. The van der Waals surface area contributed by atoms with Gasteiger partial charge in [0.2, 0.25) is 0 Å². The van der Waals surface area contributed by atoms with Crippen LogP contribution in [0.4, 0.5) is 11.5 Å². The van der Waals surface area contributed by atoms with Crippen molar-refractivity contribution in [2.45, 2.75) is 0 Å². The molecule has 2 rings (SSSR count). The minimum Gasteiger partial charge on any atom is -0.336 e. The van der Waals surface area contributed by atoms with Gasteiger partial charge in [-0.15, -0.1) is 0 Å². The number of anilines is 2. The molecule has 1 N–H and O–H groups in total. The highest BCUT2D eigenvalue weighted by atomic mass is 35.5. The summed E-state index contributed by atoms with van der Waals surface area (Å²) in [5.41, 5.74) is 1.11. The average Bonchev–Trinajstić information content (AvgIpc) is 2.34.